The summed E-state index contributed by atoms with van der Waals surface area (Å²) < 4.78 is 6.39. The van der Waals surface area contributed by atoms with Crippen LogP contribution in [-0.2, 0) is 20.9 Å². The zero-order valence-corrected chi connectivity index (χ0v) is 11.0. The Morgan fingerprint density at radius 3 is 2.89 bits per heavy atom. The maximum atomic E-state index is 12.0. The minimum absolute atomic E-state index is 0.0595. The van der Waals surface area contributed by atoms with Crippen molar-refractivity contribution in [3.05, 3.63) is 25.0 Å². The minimum atomic E-state index is -0.418. The van der Waals surface area contributed by atoms with Crippen molar-refractivity contribution >= 4 is 11.9 Å². The van der Waals surface area contributed by atoms with Gasteiger partial charge in [0, 0.05) is 19.2 Å². The number of amides is 1. The molecule has 0 saturated heterocycles. The van der Waals surface area contributed by atoms with Crippen molar-refractivity contribution in [2.75, 3.05) is 19.7 Å². The van der Waals surface area contributed by atoms with Crippen LogP contribution in [-0.4, -0.2) is 51.5 Å². The first-order valence-electron chi connectivity index (χ1n) is 6.05. The third-order valence-electron chi connectivity index (χ3n) is 2.35. The molecule has 0 aliphatic heterocycles. The topological polar surface area (TPSA) is 77.3 Å². The van der Waals surface area contributed by atoms with Gasteiger partial charge in [-0.15, -0.1) is 11.7 Å². The Kier molecular flexibility index (Phi) is 6.28. The molecule has 1 rings (SSSR count). The number of ether oxygens (including phenoxy) is 1. The second kappa shape index (κ2) is 8.02. The van der Waals surface area contributed by atoms with Crippen LogP contribution in [0.2, 0.25) is 0 Å². The minimum Gasteiger partial charge on any atom is -0.465 e. The van der Waals surface area contributed by atoms with Crippen LogP contribution in [0.15, 0.2) is 25.0 Å². The first kappa shape index (κ1) is 14.9. The standard InChI is InChI=1S/C12H18N4O3/c1-3-7-15(10-12(18)19-4-2)11(17)5-8-16-9-6-13-14-16/h3,6,9H,1,4-5,7-8,10H2,2H3. The van der Waals surface area contributed by atoms with Crippen LogP contribution in [0.25, 0.3) is 0 Å². The second-order valence-electron chi connectivity index (χ2n) is 3.78. The van der Waals surface area contributed by atoms with E-state index in [0.717, 1.165) is 0 Å². The molecule has 19 heavy (non-hydrogen) atoms. The molecule has 7 nitrogen and oxygen atoms in total. The predicted molar refractivity (Wildman–Crippen MR) is 68.0 cm³/mol. The number of esters is 1. The summed E-state index contributed by atoms with van der Waals surface area (Å²) in [5, 5.41) is 7.42. The molecule has 0 unspecified atom stereocenters. The average molecular weight is 266 g/mol. The molecule has 1 amide bonds. The highest BCUT2D eigenvalue weighted by molar-refractivity contribution is 5.82. The molecule has 0 saturated carbocycles. The third kappa shape index (κ3) is 5.33. The molecule has 0 aliphatic rings. The van der Waals surface area contributed by atoms with Crippen LogP contribution < -0.4 is 0 Å². The summed E-state index contributed by atoms with van der Waals surface area (Å²) in [6.07, 6.45) is 5.05. The monoisotopic (exact) mass is 266 g/mol. The molecule has 0 bridgehead atoms. The molecule has 0 atom stereocenters. The summed E-state index contributed by atoms with van der Waals surface area (Å²) in [7, 11) is 0. The molecule has 1 aromatic heterocycles. The van der Waals surface area contributed by atoms with Crippen molar-refractivity contribution in [3.63, 3.8) is 0 Å². The molecule has 0 spiro atoms. The van der Waals surface area contributed by atoms with Crippen molar-refractivity contribution in [2.45, 2.75) is 19.9 Å². The number of aryl methyl sites for hydroxylation is 1. The van der Waals surface area contributed by atoms with E-state index in [2.05, 4.69) is 16.9 Å². The number of hydrogen-bond acceptors (Lipinski definition) is 5. The van der Waals surface area contributed by atoms with Crippen molar-refractivity contribution < 1.29 is 14.3 Å². The Bertz CT molecular complexity index is 417. The molecule has 0 aliphatic carbocycles. The average Bonchev–Trinajstić information content (AvgIpc) is 2.89. The summed E-state index contributed by atoms with van der Waals surface area (Å²) in [4.78, 5) is 24.8. The zero-order chi connectivity index (χ0) is 14.1. The third-order valence-corrected chi connectivity index (χ3v) is 2.35. The van der Waals surface area contributed by atoms with Gasteiger partial charge < -0.3 is 9.64 Å². The van der Waals surface area contributed by atoms with Gasteiger partial charge in [0.2, 0.25) is 5.91 Å². The molecule has 0 N–H and O–H groups in total. The maximum Gasteiger partial charge on any atom is 0.325 e. The maximum absolute atomic E-state index is 12.0. The number of aromatic nitrogens is 3. The number of hydrogen-bond donors (Lipinski definition) is 0. The summed E-state index contributed by atoms with van der Waals surface area (Å²) in [6.45, 7) is 6.28. The van der Waals surface area contributed by atoms with E-state index < -0.39 is 5.97 Å². The summed E-state index contributed by atoms with van der Waals surface area (Å²) in [6, 6.07) is 0. The highest BCUT2D eigenvalue weighted by atomic mass is 16.5. The van der Waals surface area contributed by atoms with Gasteiger partial charge in [0.1, 0.15) is 6.54 Å². The van der Waals surface area contributed by atoms with Crippen molar-refractivity contribution in [1.82, 2.24) is 19.9 Å². The molecular weight excluding hydrogens is 248 g/mol. The van der Waals surface area contributed by atoms with Crippen LogP contribution in [0.3, 0.4) is 0 Å². The van der Waals surface area contributed by atoms with Gasteiger partial charge in [-0.2, -0.15) is 0 Å². The Hall–Kier alpha value is -2.18. The quantitative estimate of drug-likeness (QED) is 0.498. The summed E-state index contributed by atoms with van der Waals surface area (Å²) >= 11 is 0. The highest BCUT2D eigenvalue weighted by Gasteiger charge is 2.16. The Morgan fingerprint density at radius 2 is 2.32 bits per heavy atom. The van der Waals surface area contributed by atoms with Crippen LogP contribution in [0.4, 0.5) is 0 Å². The molecule has 7 heteroatoms. The molecular formula is C12H18N4O3. The van der Waals surface area contributed by atoms with E-state index in [4.69, 9.17) is 4.74 Å². The van der Waals surface area contributed by atoms with E-state index in [9.17, 15) is 9.59 Å². The predicted octanol–water partition coefficient (Wildman–Crippen LogP) is 0.246. The van der Waals surface area contributed by atoms with Gasteiger partial charge in [0.15, 0.2) is 0 Å². The normalized spacial score (nSPS) is 9.95. The van der Waals surface area contributed by atoms with Crippen molar-refractivity contribution in [2.24, 2.45) is 0 Å². The molecule has 104 valence electrons. The first-order valence-corrected chi connectivity index (χ1v) is 6.05. The van der Waals surface area contributed by atoms with Crippen LogP contribution in [0, 0.1) is 0 Å². The van der Waals surface area contributed by atoms with E-state index in [1.165, 1.54) is 4.90 Å². The molecule has 0 fully saturated rings. The number of carbonyl (C=O) groups excluding carboxylic acids is 2. The Labute approximate surface area is 111 Å². The van der Waals surface area contributed by atoms with Gasteiger partial charge in [-0.05, 0) is 6.92 Å². The van der Waals surface area contributed by atoms with Crippen LogP contribution in [0.5, 0.6) is 0 Å². The molecule has 0 radical (unpaired) electrons. The SMILES string of the molecule is C=CCN(CC(=O)OCC)C(=O)CCn1ccnn1. The van der Waals surface area contributed by atoms with E-state index in [-0.39, 0.29) is 18.9 Å². The highest BCUT2D eigenvalue weighted by Crippen LogP contribution is 1.98. The second-order valence-corrected chi connectivity index (χ2v) is 3.78. The molecule has 1 aromatic rings. The van der Waals surface area contributed by atoms with Crippen molar-refractivity contribution in [3.8, 4) is 0 Å². The van der Waals surface area contributed by atoms with Gasteiger partial charge in [-0.1, -0.05) is 11.3 Å². The number of rotatable bonds is 8. The first-order chi connectivity index (χ1) is 9.17. The Morgan fingerprint density at radius 1 is 1.53 bits per heavy atom. The van der Waals surface area contributed by atoms with E-state index in [0.29, 0.717) is 19.7 Å². The largest absolute Gasteiger partial charge is 0.465 e. The molecule has 0 aromatic carbocycles. The van der Waals surface area contributed by atoms with E-state index >= 15 is 0 Å². The fraction of sp³-hybridized carbons (Fsp3) is 0.500. The smallest absolute Gasteiger partial charge is 0.325 e. The van der Waals surface area contributed by atoms with E-state index in [1.54, 1.807) is 30.1 Å². The fourth-order valence-corrected chi connectivity index (χ4v) is 1.49. The van der Waals surface area contributed by atoms with E-state index in [1.807, 2.05) is 0 Å². The van der Waals surface area contributed by atoms with Gasteiger partial charge in [-0.25, -0.2) is 0 Å². The summed E-state index contributed by atoms with van der Waals surface area (Å²) in [5.41, 5.74) is 0. The van der Waals surface area contributed by atoms with Crippen molar-refractivity contribution in [1.29, 1.82) is 0 Å². The lowest BCUT2D eigenvalue weighted by Crippen LogP contribution is -2.37. The zero-order valence-electron chi connectivity index (χ0n) is 11.0. The Balaban J connectivity index is 2.47. The van der Waals surface area contributed by atoms with Crippen LogP contribution >= 0.6 is 0 Å². The van der Waals surface area contributed by atoms with Crippen LogP contribution in [0.1, 0.15) is 13.3 Å². The lowest BCUT2D eigenvalue weighted by molar-refractivity contribution is -0.148. The fourth-order valence-electron chi connectivity index (χ4n) is 1.49. The number of nitrogens with zero attached hydrogens (tertiary/aromatic N) is 4. The lowest BCUT2D eigenvalue weighted by atomic mass is 10.3. The van der Waals surface area contributed by atoms with Gasteiger partial charge in [0.05, 0.1) is 19.3 Å². The van der Waals surface area contributed by atoms with Gasteiger partial charge in [0.25, 0.3) is 0 Å². The van der Waals surface area contributed by atoms with Gasteiger partial charge in [-0.3, -0.25) is 14.3 Å². The lowest BCUT2D eigenvalue weighted by Gasteiger charge is -2.19. The summed E-state index contributed by atoms with van der Waals surface area (Å²) in [5.74, 6) is -0.568. The molecule has 1 heterocycles. The number of carbonyl (C=O) groups is 2. The van der Waals surface area contributed by atoms with Gasteiger partial charge >= 0.3 is 5.97 Å².